The SMILES string of the molecule is COC(=O)c1ccc(C(=O)N2CCN(Cc3c(Cl)cccc3Cl)CC2)cc1. The van der Waals surface area contributed by atoms with E-state index in [1.165, 1.54) is 7.11 Å². The summed E-state index contributed by atoms with van der Waals surface area (Å²) in [7, 11) is 1.33. The quantitative estimate of drug-likeness (QED) is 0.725. The van der Waals surface area contributed by atoms with E-state index in [9.17, 15) is 9.59 Å². The molecule has 142 valence electrons. The van der Waals surface area contributed by atoms with Crippen molar-refractivity contribution in [3.8, 4) is 0 Å². The van der Waals surface area contributed by atoms with Crippen LogP contribution in [0.4, 0.5) is 0 Å². The standard InChI is InChI=1S/C20H20Cl2N2O3/c1-27-20(26)15-7-5-14(6-8-15)19(25)24-11-9-23(10-12-24)13-16-17(21)3-2-4-18(16)22/h2-8H,9-13H2,1H3. The molecule has 0 unspecified atom stereocenters. The molecule has 1 saturated heterocycles. The van der Waals surface area contributed by atoms with Gasteiger partial charge in [-0.2, -0.15) is 0 Å². The first-order valence-corrected chi connectivity index (χ1v) is 9.38. The number of hydrogen-bond acceptors (Lipinski definition) is 4. The summed E-state index contributed by atoms with van der Waals surface area (Å²) in [6, 6.07) is 12.0. The number of halogens is 2. The number of carbonyl (C=O) groups is 2. The Hall–Kier alpha value is -2.08. The summed E-state index contributed by atoms with van der Waals surface area (Å²) < 4.78 is 4.67. The molecular weight excluding hydrogens is 387 g/mol. The number of benzene rings is 2. The molecule has 7 heteroatoms. The maximum Gasteiger partial charge on any atom is 0.337 e. The number of ether oxygens (including phenoxy) is 1. The highest BCUT2D eigenvalue weighted by Gasteiger charge is 2.23. The van der Waals surface area contributed by atoms with Crippen LogP contribution in [0.2, 0.25) is 10.0 Å². The minimum atomic E-state index is -0.416. The zero-order chi connectivity index (χ0) is 19.4. The van der Waals surface area contributed by atoms with E-state index < -0.39 is 5.97 Å². The fourth-order valence-corrected chi connectivity index (χ4v) is 3.58. The monoisotopic (exact) mass is 406 g/mol. The first kappa shape index (κ1) is 19.7. The Kier molecular flexibility index (Phi) is 6.37. The van der Waals surface area contributed by atoms with Gasteiger partial charge in [-0.1, -0.05) is 29.3 Å². The van der Waals surface area contributed by atoms with Gasteiger partial charge >= 0.3 is 5.97 Å². The van der Waals surface area contributed by atoms with Crippen LogP contribution in [-0.2, 0) is 11.3 Å². The van der Waals surface area contributed by atoms with E-state index in [2.05, 4.69) is 9.64 Å². The number of esters is 1. The normalized spacial score (nSPS) is 14.9. The minimum absolute atomic E-state index is 0.0400. The molecule has 2 aromatic carbocycles. The highest BCUT2D eigenvalue weighted by Crippen LogP contribution is 2.26. The first-order valence-electron chi connectivity index (χ1n) is 8.62. The predicted molar refractivity (Wildman–Crippen MR) is 105 cm³/mol. The molecule has 0 radical (unpaired) electrons. The highest BCUT2D eigenvalue weighted by atomic mass is 35.5. The molecule has 1 fully saturated rings. The van der Waals surface area contributed by atoms with Gasteiger partial charge in [-0.05, 0) is 36.4 Å². The van der Waals surface area contributed by atoms with Gasteiger partial charge in [0.1, 0.15) is 0 Å². The summed E-state index contributed by atoms with van der Waals surface area (Å²) in [6.45, 7) is 3.40. The van der Waals surface area contributed by atoms with E-state index in [1.807, 2.05) is 23.1 Å². The lowest BCUT2D eigenvalue weighted by atomic mass is 10.1. The lowest BCUT2D eigenvalue weighted by molar-refractivity contribution is 0.0596. The summed E-state index contributed by atoms with van der Waals surface area (Å²) in [4.78, 5) is 28.2. The Balaban J connectivity index is 1.58. The Morgan fingerprint density at radius 3 is 2.04 bits per heavy atom. The van der Waals surface area contributed by atoms with Crippen LogP contribution in [0.5, 0.6) is 0 Å². The van der Waals surface area contributed by atoms with Crippen molar-refractivity contribution in [2.24, 2.45) is 0 Å². The van der Waals surface area contributed by atoms with Gasteiger partial charge in [0.05, 0.1) is 12.7 Å². The molecule has 0 saturated carbocycles. The molecule has 1 aliphatic heterocycles. The first-order chi connectivity index (χ1) is 13.0. The number of hydrogen-bond donors (Lipinski definition) is 0. The maximum absolute atomic E-state index is 12.7. The summed E-state index contributed by atoms with van der Waals surface area (Å²) in [6.07, 6.45) is 0. The van der Waals surface area contributed by atoms with E-state index >= 15 is 0 Å². The summed E-state index contributed by atoms with van der Waals surface area (Å²) >= 11 is 12.5. The molecule has 0 N–H and O–H groups in total. The molecule has 27 heavy (non-hydrogen) atoms. The Morgan fingerprint density at radius 1 is 0.926 bits per heavy atom. The molecule has 5 nitrogen and oxygen atoms in total. The average molecular weight is 407 g/mol. The summed E-state index contributed by atoms with van der Waals surface area (Å²) in [5, 5.41) is 1.32. The Morgan fingerprint density at radius 2 is 1.48 bits per heavy atom. The molecule has 0 aliphatic carbocycles. The molecular formula is C20H20Cl2N2O3. The molecule has 1 heterocycles. The van der Waals surface area contributed by atoms with Crippen molar-refractivity contribution < 1.29 is 14.3 Å². The smallest absolute Gasteiger partial charge is 0.337 e. The average Bonchev–Trinajstić information content (AvgIpc) is 2.70. The van der Waals surface area contributed by atoms with Gasteiger partial charge in [0.15, 0.2) is 0 Å². The van der Waals surface area contributed by atoms with Crippen molar-refractivity contribution >= 4 is 35.1 Å². The molecule has 3 rings (SSSR count). The van der Waals surface area contributed by atoms with Gasteiger partial charge in [-0.3, -0.25) is 9.69 Å². The number of amides is 1. The van der Waals surface area contributed by atoms with E-state index in [0.717, 1.165) is 18.7 Å². The second kappa shape index (κ2) is 8.74. The molecule has 0 bridgehead atoms. The van der Waals surface area contributed by atoms with Gasteiger partial charge in [0.25, 0.3) is 5.91 Å². The summed E-state index contributed by atoms with van der Waals surface area (Å²) in [5.74, 6) is -0.456. The van der Waals surface area contributed by atoms with Gasteiger partial charge in [-0.25, -0.2) is 4.79 Å². The molecule has 0 aromatic heterocycles. The van der Waals surface area contributed by atoms with E-state index in [0.29, 0.717) is 40.8 Å². The van der Waals surface area contributed by atoms with Gasteiger partial charge in [-0.15, -0.1) is 0 Å². The van der Waals surface area contributed by atoms with E-state index in [1.54, 1.807) is 24.3 Å². The lowest BCUT2D eigenvalue weighted by Gasteiger charge is -2.35. The third kappa shape index (κ3) is 4.61. The number of carbonyl (C=O) groups excluding carboxylic acids is 2. The Bertz CT molecular complexity index is 811. The van der Waals surface area contributed by atoms with Gasteiger partial charge in [0, 0.05) is 53.9 Å². The zero-order valence-electron chi connectivity index (χ0n) is 15.0. The molecule has 2 aromatic rings. The number of nitrogens with zero attached hydrogens (tertiary/aromatic N) is 2. The van der Waals surface area contributed by atoms with Crippen molar-refractivity contribution in [1.82, 2.24) is 9.80 Å². The van der Waals surface area contributed by atoms with Crippen LogP contribution in [0.1, 0.15) is 26.3 Å². The van der Waals surface area contributed by atoms with E-state index in [-0.39, 0.29) is 5.91 Å². The molecule has 0 spiro atoms. The van der Waals surface area contributed by atoms with Crippen LogP contribution in [0, 0.1) is 0 Å². The van der Waals surface area contributed by atoms with Gasteiger partial charge in [0.2, 0.25) is 0 Å². The van der Waals surface area contributed by atoms with Crippen LogP contribution < -0.4 is 0 Å². The largest absolute Gasteiger partial charge is 0.465 e. The van der Waals surface area contributed by atoms with Crippen molar-refractivity contribution in [3.05, 3.63) is 69.2 Å². The molecule has 1 amide bonds. The zero-order valence-corrected chi connectivity index (χ0v) is 16.5. The number of rotatable bonds is 4. The van der Waals surface area contributed by atoms with Crippen LogP contribution in [-0.4, -0.2) is 55.0 Å². The Labute approximate surface area is 168 Å². The van der Waals surface area contributed by atoms with Crippen molar-refractivity contribution in [3.63, 3.8) is 0 Å². The fraction of sp³-hybridized carbons (Fsp3) is 0.300. The van der Waals surface area contributed by atoms with Crippen LogP contribution in [0.15, 0.2) is 42.5 Å². The molecule has 0 atom stereocenters. The topological polar surface area (TPSA) is 49.9 Å². The van der Waals surface area contributed by atoms with Crippen molar-refractivity contribution in [2.75, 3.05) is 33.3 Å². The maximum atomic E-state index is 12.7. The summed E-state index contributed by atoms with van der Waals surface area (Å²) in [5.41, 5.74) is 1.90. The second-order valence-electron chi connectivity index (χ2n) is 6.34. The third-order valence-corrected chi connectivity index (χ3v) is 5.36. The fourth-order valence-electron chi connectivity index (χ4n) is 3.07. The minimum Gasteiger partial charge on any atom is -0.465 e. The van der Waals surface area contributed by atoms with Crippen LogP contribution >= 0.6 is 23.2 Å². The van der Waals surface area contributed by atoms with E-state index in [4.69, 9.17) is 23.2 Å². The number of methoxy groups -OCH3 is 1. The van der Waals surface area contributed by atoms with Gasteiger partial charge < -0.3 is 9.64 Å². The molecule has 1 aliphatic rings. The van der Waals surface area contributed by atoms with Crippen molar-refractivity contribution in [1.29, 1.82) is 0 Å². The second-order valence-corrected chi connectivity index (χ2v) is 7.15. The van der Waals surface area contributed by atoms with Crippen LogP contribution in [0.3, 0.4) is 0 Å². The predicted octanol–water partition coefficient (Wildman–Crippen LogP) is 3.74. The van der Waals surface area contributed by atoms with Crippen molar-refractivity contribution in [2.45, 2.75) is 6.54 Å². The van der Waals surface area contributed by atoms with Crippen LogP contribution in [0.25, 0.3) is 0 Å². The lowest BCUT2D eigenvalue weighted by Crippen LogP contribution is -2.48. The third-order valence-electron chi connectivity index (χ3n) is 4.66. The highest BCUT2D eigenvalue weighted by molar-refractivity contribution is 6.35. The number of piperazine rings is 1.